The van der Waals surface area contributed by atoms with Gasteiger partial charge in [-0.15, -0.1) is 0 Å². The van der Waals surface area contributed by atoms with Crippen molar-refractivity contribution < 1.29 is 14.4 Å². The summed E-state index contributed by atoms with van der Waals surface area (Å²) in [6.45, 7) is 3.51. The third kappa shape index (κ3) is 3.44. The molecule has 1 atom stereocenters. The maximum Gasteiger partial charge on any atom is 0.320 e. The van der Waals surface area contributed by atoms with Crippen LogP contribution in [0.25, 0.3) is 0 Å². The number of carbonyl (C=O) groups is 1. The first-order valence-corrected chi connectivity index (χ1v) is 4.24. The average molecular weight is 199 g/mol. The van der Waals surface area contributed by atoms with Gasteiger partial charge in [0.25, 0.3) is 0 Å². The number of amides is 2. The summed E-state index contributed by atoms with van der Waals surface area (Å²) < 4.78 is 4.75. The Bertz CT molecular complexity index is 309. The highest BCUT2D eigenvalue weighted by Gasteiger charge is 2.05. The van der Waals surface area contributed by atoms with Crippen molar-refractivity contribution in [1.29, 1.82) is 0 Å². The zero-order chi connectivity index (χ0) is 10.6. The number of aromatic nitrogens is 1. The number of aliphatic hydroxyl groups excluding tert-OH is 1. The normalized spacial score (nSPS) is 12.2. The maximum absolute atomic E-state index is 11.1. The van der Waals surface area contributed by atoms with E-state index in [1.807, 2.05) is 0 Å². The van der Waals surface area contributed by atoms with Crippen LogP contribution in [0.1, 0.15) is 12.7 Å². The molecular formula is C8H13N3O3. The van der Waals surface area contributed by atoms with Crippen LogP contribution in [0.5, 0.6) is 0 Å². The molecule has 0 aromatic carbocycles. The fraction of sp³-hybridized carbons (Fsp3) is 0.500. The third-order valence-corrected chi connectivity index (χ3v) is 1.43. The lowest BCUT2D eigenvalue weighted by molar-refractivity contribution is 0.190. The number of anilines is 1. The minimum absolute atomic E-state index is 0.197. The van der Waals surface area contributed by atoms with Gasteiger partial charge in [-0.25, -0.2) is 4.79 Å². The monoisotopic (exact) mass is 199 g/mol. The Hall–Kier alpha value is -1.56. The topological polar surface area (TPSA) is 87.4 Å². The van der Waals surface area contributed by atoms with Crippen LogP contribution in [0.2, 0.25) is 0 Å². The molecule has 1 aromatic heterocycles. The second-order valence-electron chi connectivity index (χ2n) is 3.01. The fourth-order valence-corrected chi connectivity index (χ4v) is 0.826. The van der Waals surface area contributed by atoms with E-state index in [9.17, 15) is 4.79 Å². The Kier molecular flexibility index (Phi) is 3.47. The van der Waals surface area contributed by atoms with E-state index < -0.39 is 12.1 Å². The Labute approximate surface area is 81.3 Å². The summed E-state index contributed by atoms with van der Waals surface area (Å²) in [6, 6.07) is 1.18. The number of hydrogen-bond acceptors (Lipinski definition) is 4. The molecule has 1 rings (SSSR count). The van der Waals surface area contributed by atoms with Gasteiger partial charge in [-0.05, 0) is 13.8 Å². The van der Waals surface area contributed by atoms with Crippen LogP contribution in [0.15, 0.2) is 10.6 Å². The molecule has 2 amide bonds. The molecule has 78 valence electrons. The predicted octanol–water partition coefficient (Wildman–Crippen LogP) is 0.485. The predicted molar refractivity (Wildman–Crippen MR) is 49.9 cm³/mol. The van der Waals surface area contributed by atoms with E-state index in [4.69, 9.17) is 9.63 Å². The maximum atomic E-state index is 11.1. The summed E-state index contributed by atoms with van der Waals surface area (Å²) in [5, 5.41) is 17.4. The smallest absolute Gasteiger partial charge is 0.320 e. The second-order valence-corrected chi connectivity index (χ2v) is 3.01. The van der Waals surface area contributed by atoms with E-state index in [0.717, 1.165) is 0 Å². The molecule has 0 fully saturated rings. The average Bonchev–Trinajstić information content (AvgIpc) is 2.48. The van der Waals surface area contributed by atoms with Gasteiger partial charge in [0.05, 0.1) is 6.10 Å². The third-order valence-electron chi connectivity index (χ3n) is 1.43. The summed E-state index contributed by atoms with van der Waals surface area (Å²) in [5.41, 5.74) is 0. The molecule has 0 saturated heterocycles. The first-order valence-electron chi connectivity index (χ1n) is 4.24. The molecule has 0 bridgehead atoms. The van der Waals surface area contributed by atoms with Gasteiger partial charge in [0.2, 0.25) is 0 Å². The summed E-state index contributed by atoms with van der Waals surface area (Å²) >= 11 is 0. The van der Waals surface area contributed by atoms with Crippen molar-refractivity contribution in [3.63, 3.8) is 0 Å². The lowest BCUT2D eigenvalue weighted by Crippen LogP contribution is -2.34. The van der Waals surface area contributed by atoms with Crippen molar-refractivity contribution in [3.05, 3.63) is 11.8 Å². The summed E-state index contributed by atoms with van der Waals surface area (Å²) in [5.74, 6) is 0.974. The van der Waals surface area contributed by atoms with Crippen molar-refractivity contribution in [1.82, 2.24) is 10.5 Å². The molecular weight excluding hydrogens is 186 g/mol. The van der Waals surface area contributed by atoms with Crippen LogP contribution in [-0.4, -0.2) is 28.9 Å². The molecule has 3 N–H and O–H groups in total. The van der Waals surface area contributed by atoms with Crippen molar-refractivity contribution in [3.8, 4) is 0 Å². The number of aliphatic hydroxyl groups is 1. The summed E-state index contributed by atoms with van der Waals surface area (Å²) in [6.07, 6.45) is -0.570. The van der Waals surface area contributed by atoms with Gasteiger partial charge in [-0.3, -0.25) is 5.32 Å². The van der Waals surface area contributed by atoms with Gasteiger partial charge in [-0.2, -0.15) is 0 Å². The molecule has 1 aromatic rings. The van der Waals surface area contributed by atoms with Crippen molar-refractivity contribution >= 4 is 11.8 Å². The molecule has 1 heterocycles. The van der Waals surface area contributed by atoms with Gasteiger partial charge in [-0.1, -0.05) is 5.16 Å². The molecule has 14 heavy (non-hydrogen) atoms. The minimum atomic E-state index is -0.570. The van der Waals surface area contributed by atoms with E-state index in [-0.39, 0.29) is 6.54 Å². The zero-order valence-electron chi connectivity index (χ0n) is 8.07. The lowest BCUT2D eigenvalue weighted by atomic mass is 10.4. The van der Waals surface area contributed by atoms with Gasteiger partial charge in [0, 0.05) is 12.6 Å². The van der Waals surface area contributed by atoms with Crippen molar-refractivity contribution in [2.45, 2.75) is 20.0 Å². The minimum Gasteiger partial charge on any atom is -0.392 e. The highest BCUT2D eigenvalue weighted by molar-refractivity contribution is 5.88. The Morgan fingerprint density at radius 2 is 2.50 bits per heavy atom. The molecule has 0 aliphatic carbocycles. The van der Waals surface area contributed by atoms with Crippen LogP contribution in [0, 0.1) is 6.92 Å². The van der Waals surface area contributed by atoms with Crippen LogP contribution < -0.4 is 10.6 Å². The number of carbonyl (C=O) groups excluding carboxylic acids is 1. The van der Waals surface area contributed by atoms with Crippen molar-refractivity contribution in [2.24, 2.45) is 0 Å². The Balaban J connectivity index is 2.34. The number of hydrogen-bond donors (Lipinski definition) is 3. The number of aryl methyl sites for hydroxylation is 1. The van der Waals surface area contributed by atoms with E-state index >= 15 is 0 Å². The molecule has 1 unspecified atom stereocenters. The number of nitrogens with one attached hydrogen (secondary N) is 2. The summed E-state index contributed by atoms with van der Waals surface area (Å²) in [7, 11) is 0. The van der Waals surface area contributed by atoms with E-state index in [2.05, 4.69) is 15.8 Å². The van der Waals surface area contributed by atoms with Crippen LogP contribution in [0.3, 0.4) is 0 Å². The first-order chi connectivity index (χ1) is 6.58. The van der Waals surface area contributed by atoms with Gasteiger partial charge in [0.15, 0.2) is 5.82 Å². The number of urea groups is 1. The molecule has 6 nitrogen and oxygen atoms in total. The van der Waals surface area contributed by atoms with Crippen molar-refractivity contribution in [2.75, 3.05) is 11.9 Å². The Morgan fingerprint density at radius 3 is 3.00 bits per heavy atom. The van der Waals surface area contributed by atoms with Gasteiger partial charge < -0.3 is 14.9 Å². The van der Waals surface area contributed by atoms with Crippen LogP contribution in [0.4, 0.5) is 10.6 Å². The van der Waals surface area contributed by atoms with Gasteiger partial charge in [0.1, 0.15) is 5.76 Å². The number of nitrogens with zero attached hydrogens (tertiary/aromatic N) is 1. The standard InChI is InChI=1S/C8H13N3O3/c1-5(12)4-9-8(13)10-7-3-6(2)14-11-7/h3,5,12H,4H2,1-2H3,(H2,9,10,11,13). The molecule has 0 spiro atoms. The molecule has 0 aliphatic rings. The quantitative estimate of drug-likeness (QED) is 0.661. The number of rotatable bonds is 3. The SMILES string of the molecule is Cc1cc(NC(=O)NCC(C)O)no1. The molecule has 6 heteroatoms. The van der Waals surface area contributed by atoms with Crippen LogP contribution in [-0.2, 0) is 0 Å². The van der Waals surface area contributed by atoms with Crippen LogP contribution >= 0.6 is 0 Å². The molecule has 0 aliphatic heterocycles. The lowest BCUT2D eigenvalue weighted by Gasteiger charge is -2.06. The highest BCUT2D eigenvalue weighted by atomic mass is 16.5. The first kappa shape index (κ1) is 10.5. The van der Waals surface area contributed by atoms with Gasteiger partial charge >= 0.3 is 6.03 Å². The second kappa shape index (κ2) is 4.61. The molecule has 0 saturated carbocycles. The highest BCUT2D eigenvalue weighted by Crippen LogP contribution is 2.06. The zero-order valence-corrected chi connectivity index (χ0v) is 8.07. The van der Waals surface area contributed by atoms with E-state index in [1.165, 1.54) is 0 Å². The van der Waals surface area contributed by atoms with E-state index in [0.29, 0.717) is 11.6 Å². The fourth-order valence-electron chi connectivity index (χ4n) is 0.826. The molecule has 0 radical (unpaired) electrons. The summed E-state index contributed by atoms with van der Waals surface area (Å²) in [4.78, 5) is 11.1. The Morgan fingerprint density at radius 1 is 1.79 bits per heavy atom. The van der Waals surface area contributed by atoms with E-state index in [1.54, 1.807) is 19.9 Å². The largest absolute Gasteiger partial charge is 0.392 e.